The van der Waals surface area contributed by atoms with E-state index in [9.17, 15) is 13.2 Å². The van der Waals surface area contributed by atoms with Gasteiger partial charge in [0.25, 0.3) is 0 Å². The normalized spacial score (nSPS) is 34.4. The van der Waals surface area contributed by atoms with E-state index in [0.717, 1.165) is 35.4 Å². The Labute approximate surface area is 187 Å². The highest BCUT2D eigenvalue weighted by atomic mass is 32.2. The maximum absolute atomic E-state index is 12.7. The summed E-state index contributed by atoms with van der Waals surface area (Å²) in [6, 6.07) is 9.15. The molecule has 2 heterocycles. The average Bonchev–Trinajstić information content (AvgIpc) is 3.21. The first kappa shape index (κ1) is 20.9. The smallest absolute Gasteiger partial charge is 0.309 e. The van der Waals surface area contributed by atoms with Crippen molar-refractivity contribution in [3.05, 3.63) is 46.5 Å². The number of carbonyl (C=O) groups is 1. The highest BCUT2D eigenvalue weighted by molar-refractivity contribution is 7.92. The Hall–Kier alpha value is -1.93. The Morgan fingerprint density at radius 2 is 1.97 bits per heavy atom. The van der Waals surface area contributed by atoms with Gasteiger partial charge in [0.2, 0.25) is 10.0 Å². The van der Waals surface area contributed by atoms with Crippen molar-refractivity contribution in [3.63, 3.8) is 0 Å². The third kappa shape index (κ3) is 3.57. The van der Waals surface area contributed by atoms with Crippen molar-refractivity contribution in [2.45, 2.75) is 57.8 Å². The van der Waals surface area contributed by atoms with Crippen LogP contribution in [0.2, 0.25) is 0 Å². The van der Waals surface area contributed by atoms with Gasteiger partial charge >= 0.3 is 5.97 Å². The SMILES string of the molecule is C[C@@H]1C(=O)O[C@H]2[C@H]1CC[C@@]1(C)Cc3sc(NS(=O)(=O)Cc4ccccc4)nc3[C@@H](C)[C@H]21. The van der Waals surface area contributed by atoms with Crippen LogP contribution in [0.3, 0.4) is 0 Å². The van der Waals surface area contributed by atoms with Crippen molar-refractivity contribution in [2.24, 2.45) is 23.2 Å². The summed E-state index contributed by atoms with van der Waals surface area (Å²) in [6.07, 6.45) is 2.84. The van der Waals surface area contributed by atoms with Gasteiger partial charge in [-0.3, -0.25) is 9.52 Å². The molecule has 1 N–H and O–H groups in total. The fraction of sp³-hybridized carbons (Fsp3) is 0.565. The van der Waals surface area contributed by atoms with Crippen LogP contribution in [0.4, 0.5) is 5.13 Å². The second-order valence-electron chi connectivity index (χ2n) is 9.71. The van der Waals surface area contributed by atoms with Gasteiger partial charge in [-0.15, -0.1) is 11.3 Å². The van der Waals surface area contributed by atoms with E-state index in [4.69, 9.17) is 9.72 Å². The Kier molecular flexibility index (Phi) is 4.93. The Bertz CT molecular complexity index is 1110. The zero-order valence-electron chi connectivity index (χ0n) is 18.0. The largest absolute Gasteiger partial charge is 0.461 e. The van der Waals surface area contributed by atoms with E-state index in [1.54, 1.807) is 12.1 Å². The number of carbonyl (C=O) groups excluding carboxylic acids is 1. The number of ether oxygens (including phenoxy) is 1. The molecule has 0 spiro atoms. The molecule has 31 heavy (non-hydrogen) atoms. The van der Waals surface area contributed by atoms with Crippen molar-refractivity contribution in [3.8, 4) is 0 Å². The number of nitrogens with zero attached hydrogens (tertiary/aromatic N) is 1. The van der Waals surface area contributed by atoms with Gasteiger partial charge in [0, 0.05) is 22.6 Å². The van der Waals surface area contributed by atoms with Crippen LogP contribution in [0.5, 0.6) is 0 Å². The quantitative estimate of drug-likeness (QED) is 0.686. The van der Waals surface area contributed by atoms with Gasteiger partial charge in [-0.25, -0.2) is 13.4 Å². The van der Waals surface area contributed by atoms with Crippen molar-refractivity contribution in [1.29, 1.82) is 0 Å². The Morgan fingerprint density at radius 3 is 2.71 bits per heavy atom. The van der Waals surface area contributed by atoms with E-state index in [0.29, 0.717) is 5.13 Å². The molecule has 6 atom stereocenters. The van der Waals surface area contributed by atoms with Gasteiger partial charge < -0.3 is 4.74 Å². The molecular weight excluding hydrogens is 432 g/mol. The molecule has 0 bridgehead atoms. The van der Waals surface area contributed by atoms with Crippen molar-refractivity contribution in [2.75, 3.05) is 4.72 Å². The molecule has 1 saturated carbocycles. The summed E-state index contributed by atoms with van der Waals surface area (Å²) in [5, 5.41) is 0.434. The lowest BCUT2D eigenvalue weighted by molar-refractivity contribution is -0.149. The molecule has 2 aliphatic carbocycles. The highest BCUT2D eigenvalue weighted by Crippen LogP contribution is 2.59. The summed E-state index contributed by atoms with van der Waals surface area (Å²) >= 11 is 1.45. The van der Waals surface area contributed by atoms with Crippen LogP contribution in [0.15, 0.2) is 30.3 Å². The number of rotatable bonds is 4. The second-order valence-corrected chi connectivity index (χ2v) is 12.5. The predicted octanol–water partition coefficient (Wildman–Crippen LogP) is 4.34. The molecule has 8 heteroatoms. The molecular formula is C23H28N2O4S2. The van der Waals surface area contributed by atoms with E-state index in [-0.39, 0.29) is 46.9 Å². The predicted molar refractivity (Wildman–Crippen MR) is 120 cm³/mol. The molecule has 1 aromatic carbocycles. The number of anilines is 1. The number of hydrogen-bond acceptors (Lipinski definition) is 6. The lowest BCUT2D eigenvalue weighted by atomic mass is 9.54. The van der Waals surface area contributed by atoms with Gasteiger partial charge in [0.15, 0.2) is 5.13 Å². The molecule has 0 amide bonds. The summed E-state index contributed by atoms with van der Waals surface area (Å²) in [5.74, 6) is 0.402. The maximum Gasteiger partial charge on any atom is 0.309 e. The van der Waals surface area contributed by atoms with Crippen LogP contribution < -0.4 is 4.72 Å². The van der Waals surface area contributed by atoms with E-state index in [1.807, 2.05) is 25.1 Å². The maximum atomic E-state index is 12.7. The number of sulfonamides is 1. The molecule has 0 unspecified atom stereocenters. The van der Waals surface area contributed by atoms with Crippen LogP contribution in [-0.2, 0) is 31.7 Å². The summed E-state index contributed by atoms with van der Waals surface area (Å²) < 4.78 is 34.0. The lowest BCUT2D eigenvalue weighted by Crippen LogP contribution is -2.50. The van der Waals surface area contributed by atoms with E-state index < -0.39 is 10.0 Å². The molecule has 2 aromatic rings. The van der Waals surface area contributed by atoms with Crippen LogP contribution in [-0.4, -0.2) is 25.5 Å². The van der Waals surface area contributed by atoms with Gasteiger partial charge in [-0.2, -0.15) is 0 Å². The zero-order chi connectivity index (χ0) is 22.0. The Balaban J connectivity index is 1.41. The Morgan fingerprint density at radius 1 is 1.23 bits per heavy atom. The fourth-order valence-electron chi connectivity index (χ4n) is 6.09. The molecule has 166 valence electrons. The van der Waals surface area contributed by atoms with Crippen LogP contribution in [0, 0.1) is 23.2 Å². The van der Waals surface area contributed by atoms with Crippen molar-refractivity contribution < 1.29 is 17.9 Å². The summed E-state index contributed by atoms with van der Waals surface area (Å²) in [6.45, 7) is 6.43. The van der Waals surface area contributed by atoms with E-state index in [2.05, 4.69) is 18.6 Å². The van der Waals surface area contributed by atoms with Gasteiger partial charge in [0.05, 0.1) is 17.4 Å². The first-order chi connectivity index (χ1) is 14.7. The first-order valence-corrected chi connectivity index (χ1v) is 13.4. The van der Waals surface area contributed by atoms with Crippen molar-refractivity contribution in [1.82, 2.24) is 4.98 Å². The minimum atomic E-state index is -3.55. The fourth-order valence-corrected chi connectivity index (χ4v) is 8.76. The van der Waals surface area contributed by atoms with Crippen LogP contribution >= 0.6 is 11.3 Å². The lowest BCUT2D eigenvalue weighted by Gasteiger charge is -2.51. The number of hydrogen-bond donors (Lipinski definition) is 1. The molecule has 6 nitrogen and oxygen atoms in total. The van der Waals surface area contributed by atoms with Crippen molar-refractivity contribution >= 4 is 32.5 Å². The minimum Gasteiger partial charge on any atom is -0.461 e. The third-order valence-corrected chi connectivity index (χ3v) is 9.93. The molecule has 1 aliphatic heterocycles. The van der Waals surface area contributed by atoms with Gasteiger partial charge in [-0.05, 0) is 30.2 Å². The second kappa shape index (κ2) is 7.30. The minimum absolute atomic E-state index is 0.0324. The summed E-state index contributed by atoms with van der Waals surface area (Å²) in [7, 11) is -3.55. The number of benzene rings is 1. The molecule has 1 saturated heterocycles. The molecule has 2 fully saturated rings. The highest BCUT2D eigenvalue weighted by Gasteiger charge is 2.58. The molecule has 0 radical (unpaired) electrons. The van der Waals surface area contributed by atoms with Gasteiger partial charge in [0.1, 0.15) is 6.10 Å². The van der Waals surface area contributed by atoms with Gasteiger partial charge in [-0.1, -0.05) is 51.1 Å². The number of esters is 1. The topological polar surface area (TPSA) is 85.4 Å². The average molecular weight is 461 g/mol. The summed E-state index contributed by atoms with van der Waals surface area (Å²) in [4.78, 5) is 18.1. The molecule has 5 rings (SSSR count). The summed E-state index contributed by atoms with van der Waals surface area (Å²) in [5.41, 5.74) is 1.73. The monoisotopic (exact) mass is 460 g/mol. The first-order valence-electron chi connectivity index (χ1n) is 10.9. The van der Waals surface area contributed by atoms with E-state index >= 15 is 0 Å². The zero-order valence-corrected chi connectivity index (χ0v) is 19.6. The van der Waals surface area contributed by atoms with Crippen LogP contribution in [0.25, 0.3) is 0 Å². The number of aromatic nitrogens is 1. The standard InChI is InChI=1S/C23H28N2O4S2/c1-13-16-9-10-23(3)11-17-19(14(2)18(23)20(16)29-21(13)26)24-22(30-17)25-31(27,28)12-15-7-5-4-6-8-15/h4-8,13-14,16,18,20H,9-12H2,1-3H3,(H,24,25)/t13-,14-,16-,18+,20-,23-/m0/s1. The number of nitrogens with one attached hydrogen (secondary N) is 1. The third-order valence-electron chi connectivity index (χ3n) is 7.60. The number of thiazole rings is 1. The molecule has 3 aliphatic rings. The number of fused-ring (bicyclic) bond motifs is 4. The molecule has 1 aromatic heterocycles. The van der Waals surface area contributed by atoms with Crippen LogP contribution in [0.1, 0.15) is 55.7 Å². The van der Waals surface area contributed by atoms with E-state index in [1.165, 1.54) is 11.3 Å².